The highest BCUT2D eigenvalue weighted by molar-refractivity contribution is 7.48. The van der Waals surface area contributed by atoms with Crippen LogP contribution in [0.4, 0.5) is 0 Å². The lowest BCUT2D eigenvalue weighted by molar-refractivity contribution is -0.842. The molecule has 8 heteroatoms. The van der Waals surface area contributed by atoms with Crippen molar-refractivity contribution in [2.24, 2.45) is 0 Å². The summed E-state index contributed by atoms with van der Waals surface area (Å²) in [6.45, 7) is 5.24. The number of nitriles is 1. The lowest BCUT2D eigenvalue weighted by Crippen LogP contribution is -3.00. The van der Waals surface area contributed by atoms with Gasteiger partial charge in [0.2, 0.25) is 6.73 Å². The smallest absolute Gasteiger partial charge is 0.479 e. The quantitative estimate of drug-likeness (QED) is 0.0183. The molecule has 6 nitrogen and oxygen atoms in total. The highest BCUT2D eigenvalue weighted by Gasteiger charge is 2.30. The van der Waals surface area contributed by atoms with E-state index in [-0.39, 0.29) is 35.2 Å². The van der Waals surface area contributed by atoms with E-state index in [1.54, 1.807) is 14.1 Å². The molecule has 40 heavy (non-hydrogen) atoms. The molecule has 0 aromatic rings. The van der Waals surface area contributed by atoms with Crippen LogP contribution in [-0.2, 0) is 18.1 Å². The second kappa shape index (κ2) is 30.7. The predicted octanol–water partition coefficient (Wildman–Crippen LogP) is 8.07. The molecule has 0 spiro atoms. The van der Waals surface area contributed by atoms with E-state index < -0.39 is 7.82 Å². The van der Waals surface area contributed by atoms with Gasteiger partial charge in [-0.3, -0.25) is 9.05 Å². The molecule has 0 N–H and O–H groups in total. The van der Waals surface area contributed by atoms with Crippen LogP contribution in [0.1, 0.15) is 168 Å². The van der Waals surface area contributed by atoms with Crippen LogP contribution >= 0.6 is 7.82 Å². The number of hydrogen-bond donors (Lipinski definition) is 0. The van der Waals surface area contributed by atoms with Gasteiger partial charge in [-0.1, -0.05) is 155 Å². The molecule has 0 fully saturated rings. The Bertz CT molecular complexity index is 582. The minimum atomic E-state index is -3.66. The van der Waals surface area contributed by atoms with E-state index in [2.05, 4.69) is 20.0 Å². The first-order valence-corrected chi connectivity index (χ1v) is 18.1. The maximum absolute atomic E-state index is 13.2. The van der Waals surface area contributed by atoms with Gasteiger partial charge in [-0.2, -0.15) is 0 Å². The van der Waals surface area contributed by atoms with Crippen molar-refractivity contribution in [2.75, 3.05) is 34.0 Å². The summed E-state index contributed by atoms with van der Waals surface area (Å²) in [4.78, 5) is 0. The van der Waals surface area contributed by atoms with Crippen molar-refractivity contribution in [3.63, 3.8) is 0 Å². The summed E-state index contributed by atoms with van der Waals surface area (Å²) >= 11 is 0. The van der Waals surface area contributed by atoms with Crippen LogP contribution in [0.3, 0.4) is 0 Å². The molecule has 0 saturated heterocycles. The average molecular weight is 701 g/mol. The third-order valence-electron chi connectivity index (χ3n) is 7.30. The lowest BCUT2D eigenvalue weighted by Gasteiger charge is -2.22. The minimum absolute atomic E-state index is 0. The van der Waals surface area contributed by atoms with Gasteiger partial charge in [-0.05, 0) is 12.8 Å². The number of rotatable bonds is 31. The van der Waals surface area contributed by atoms with Crippen LogP contribution in [0.25, 0.3) is 0 Å². The Balaban J connectivity index is 0. The molecule has 0 aliphatic carbocycles. The third kappa shape index (κ3) is 29.8. The van der Waals surface area contributed by atoms with Gasteiger partial charge >= 0.3 is 14.0 Å². The highest BCUT2D eigenvalue weighted by Crippen LogP contribution is 2.50. The van der Waals surface area contributed by atoms with Crippen molar-refractivity contribution in [1.82, 2.24) is 0 Å². The van der Waals surface area contributed by atoms with Crippen molar-refractivity contribution < 1.29 is 46.6 Å². The van der Waals surface area contributed by atoms with Crippen LogP contribution in [-0.4, -0.2) is 38.5 Å². The summed E-state index contributed by atoms with van der Waals surface area (Å²) in [5.74, 6) is 0. The predicted molar refractivity (Wildman–Crippen MR) is 165 cm³/mol. The van der Waals surface area contributed by atoms with E-state index in [0.717, 1.165) is 25.7 Å². The van der Waals surface area contributed by atoms with Crippen molar-refractivity contribution >= 4 is 7.82 Å². The molecule has 0 atom stereocenters. The Kier molecular flexibility index (Phi) is 32.6. The highest BCUT2D eigenvalue weighted by atomic mass is 127. The van der Waals surface area contributed by atoms with Crippen LogP contribution in [0.15, 0.2) is 0 Å². The van der Waals surface area contributed by atoms with Gasteiger partial charge in [0.15, 0.2) is 0 Å². The van der Waals surface area contributed by atoms with E-state index in [9.17, 15) is 9.83 Å². The van der Waals surface area contributed by atoms with E-state index in [0.29, 0.717) is 13.2 Å². The standard InChI is InChI=1S/C32H66N2O4P.HI/c1-5-7-9-11-13-15-17-19-21-23-25-27-29-36-39(35,38-32-34(3,4)31-33)37-30-28-26-24-22-20-18-16-14-12-10-8-6-2;/h5-30,32H2,1-4H3;1H/q+1;/p-1. The average Bonchev–Trinajstić information content (AvgIpc) is 2.93. The van der Waals surface area contributed by atoms with Crippen molar-refractivity contribution in [3.8, 4) is 6.19 Å². The van der Waals surface area contributed by atoms with Crippen molar-refractivity contribution in [1.29, 1.82) is 5.26 Å². The molecule has 0 amide bonds. The number of quaternary nitrogens is 1. The Labute approximate surface area is 266 Å². The second-order valence-corrected chi connectivity index (χ2v) is 13.6. The van der Waals surface area contributed by atoms with Gasteiger partial charge in [0.1, 0.15) is 0 Å². The van der Waals surface area contributed by atoms with Crippen LogP contribution in [0, 0.1) is 11.5 Å². The molecule has 0 radical (unpaired) electrons. The number of phosphoric ester groups is 1. The van der Waals surface area contributed by atoms with Gasteiger partial charge in [-0.15, -0.1) is 5.26 Å². The zero-order chi connectivity index (χ0) is 28.9. The Hall–Kier alpha value is 0.290. The summed E-state index contributed by atoms with van der Waals surface area (Å²) in [6, 6.07) is 0. The topological polar surface area (TPSA) is 68.6 Å². The molecule has 240 valence electrons. The number of unbranched alkanes of at least 4 members (excludes halogenated alkanes) is 22. The number of nitrogens with zero attached hydrogens (tertiary/aromatic N) is 2. The van der Waals surface area contributed by atoms with E-state index in [4.69, 9.17) is 13.6 Å². The van der Waals surface area contributed by atoms with Crippen LogP contribution < -0.4 is 24.0 Å². The van der Waals surface area contributed by atoms with Gasteiger partial charge < -0.3 is 24.0 Å². The fourth-order valence-corrected chi connectivity index (χ4v) is 5.95. The molecule has 0 aromatic heterocycles. The fraction of sp³-hybridized carbons (Fsp3) is 0.969. The monoisotopic (exact) mass is 700 g/mol. The molecule has 0 aliphatic heterocycles. The SMILES string of the molecule is CCCCCCCCCCCCCCOP(=O)(OCCCCCCCCCCCCCC)OC[N+](C)(C)C#N.[I-]. The zero-order valence-corrected chi connectivity index (χ0v) is 30.0. The zero-order valence-electron chi connectivity index (χ0n) is 26.9. The molecule has 0 bridgehead atoms. The summed E-state index contributed by atoms with van der Waals surface area (Å²) in [5.41, 5.74) is 0. The number of halogens is 1. The van der Waals surface area contributed by atoms with Gasteiger partial charge in [0.05, 0.1) is 27.3 Å². The van der Waals surface area contributed by atoms with Gasteiger partial charge in [0.25, 0.3) is 0 Å². The normalized spacial score (nSPS) is 11.9. The summed E-state index contributed by atoms with van der Waals surface area (Å²) in [5, 5.41) is 9.26. The van der Waals surface area contributed by atoms with Gasteiger partial charge in [0, 0.05) is 0 Å². The molecule has 0 rings (SSSR count). The van der Waals surface area contributed by atoms with Gasteiger partial charge in [-0.25, -0.2) is 13.6 Å². The molecule has 0 heterocycles. The number of phosphoric acid groups is 1. The summed E-state index contributed by atoms with van der Waals surface area (Å²) < 4.78 is 30.0. The maximum Gasteiger partial charge on any atom is 0.479 e. The minimum Gasteiger partial charge on any atom is -1.00 e. The number of hydrogen-bond acceptors (Lipinski definition) is 5. The molecule has 0 aliphatic rings. The Morgan fingerprint density at radius 3 is 1.07 bits per heavy atom. The Morgan fingerprint density at radius 1 is 0.525 bits per heavy atom. The van der Waals surface area contributed by atoms with Crippen LogP contribution in [0.2, 0.25) is 0 Å². The molecule has 0 unspecified atom stereocenters. The molecule has 0 aromatic carbocycles. The first-order chi connectivity index (χ1) is 18.9. The second-order valence-electron chi connectivity index (χ2n) is 11.9. The Morgan fingerprint density at radius 2 is 0.800 bits per heavy atom. The lowest BCUT2D eigenvalue weighted by atomic mass is 10.1. The van der Waals surface area contributed by atoms with Crippen LogP contribution in [0.5, 0.6) is 0 Å². The van der Waals surface area contributed by atoms with Crippen molar-refractivity contribution in [2.45, 2.75) is 168 Å². The van der Waals surface area contributed by atoms with Crippen molar-refractivity contribution in [3.05, 3.63) is 0 Å². The first kappa shape index (κ1) is 42.4. The molecular weight excluding hydrogens is 634 g/mol. The first-order valence-electron chi connectivity index (χ1n) is 16.7. The third-order valence-corrected chi connectivity index (χ3v) is 8.73. The summed E-state index contributed by atoms with van der Waals surface area (Å²) in [7, 11) is -0.242. The van der Waals surface area contributed by atoms with E-state index in [1.807, 2.05) is 0 Å². The van der Waals surface area contributed by atoms with E-state index >= 15 is 0 Å². The fourth-order valence-electron chi connectivity index (χ4n) is 4.59. The molecular formula is C32H66IN2O4P. The maximum atomic E-state index is 13.2. The summed E-state index contributed by atoms with van der Waals surface area (Å²) in [6.07, 6.45) is 32.5. The van der Waals surface area contributed by atoms with E-state index in [1.165, 1.54) is 128 Å². The largest absolute Gasteiger partial charge is 1.00 e. The molecule has 0 saturated carbocycles.